The second-order valence-corrected chi connectivity index (χ2v) is 4.38. The van der Waals surface area contributed by atoms with Crippen molar-refractivity contribution in [3.05, 3.63) is 58.7 Å². The quantitative estimate of drug-likeness (QED) is 0.727. The van der Waals surface area contributed by atoms with Gasteiger partial charge in [-0.3, -0.25) is 9.59 Å². The van der Waals surface area contributed by atoms with Crippen molar-refractivity contribution in [2.75, 3.05) is 0 Å². The molecule has 3 rings (SSSR count). The fourth-order valence-corrected chi connectivity index (χ4v) is 2.33. The molecule has 0 saturated carbocycles. The van der Waals surface area contributed by atoms with Crippen molar-refractivity contribution in [3.8, 4) is 12.1 Å². The normalized spacial score (nSPS) is 13.9. The highest BCUT2D eigenvalue weighted by molar-refractivity contribution is 6.30. The van der Waals surface area contributed by atoms with Crippen molar-refractivity contribution in [1.29, 1.82) is 10.5 Å². The lowest BCUT2D eigenvalue weighted by Crippen LogP contribution is -2.20. The highest BCUT2D eigenvalue weighted by atomic mass is 16.1. The molecule has 0 saturated heterocycles. The molecular formula is C16H6N2O2. The lowest BCUT2D eigenvalue weighted by atomic mass is 9.83. The Morgan fingerprint density at radius 2 is 1.15 bits per heavy atom. The molecule has 0 aliphatic heterocycles. The van der Waals surface area contributed by atoms with Crippen LogP contribution in [0.3, 0.4) is 0 Å². The molecule has 0 bridgehead atoms. The number of rotatable bonds is 0. The largest absolute Gasteiger partial charge is 0.288 e. The average Bonchev–Trinajstić information content (AvgIpc) is 2.49. The summed E-state index contributed by atoms with van der Waals surface area (Å²) in [5, 5.41) is 19.6. The Morgan fingerprint density at radius 1 is 0.750 bits per heavy atom. The van der Waals surface area contributed by atoms with Crippen molar-refractivity contribution in [2.24, 2.45) is 0 Å². The summed E-state index contributed by atoms with van der Waals surface area (Å²) in [6, 6.07) is 13.8. The van der Waals surface area contributed by atoms with Gasteiger partial charge in [-0.15, -0.1) is 0 Å². The van der Waals surface area contributed by atoms with Gasteiger partial charge in [0.25, 0.3) is 0 Å². The number of nitriles is 2. The molecule has 0 heterocycles. The fraction of sp³-hybridized carbons (Fsp3) is 0. The second kappa shape index (κ2) is 4.15. The van der Waals surface area contributed by atoms with Crippen LogP contribution in [0.2, 0.25) is 0 Å². The van der Waals surface area contributed by atoms with Crippen molar-refractivity contribution >= 4 is 22.3 Å². The Kier molecular flexibility index (Phi) is 2.45. The van der Waals surface area contributed by atoms with Crippen molar-refractivity contribution in [2.45, 2.75) is 0 Å². The number of Topliss-reactive ketones (excluding diaryl/α,β-unsaturated/α-hetero) is 2. The van der Waals surface area contributed by atoms with E-state index < -0.39 is 11.6 Å². The molecule has 0 unspecified atom stereocenters. The van der Waals surface area contributed by atoms with Crippen LogP contribution in [0.25, 0.3) is 10.8 Å². The van der Waals surface area contributed by atoms with Crippen LogP contribution in [0.1, 0.15) is 20.7 Å². The maximum absolute atomic E-state index is 12.2. The summed E-state index contributed by atoms with van der Waals surface area (Å²) >= 11 is 0. The van der Waals surface area contributed by atoms with Gasteiger partial charge in [0.05, 0.1) is 0 Å². The van der Waals surface area contributed by atoms with Gasteiger partial charge in [-0.1, -0.05) is 24.3 Å². The van der Waals surface area contributed by atoms with Crippen LogP contribution < -0.4 is 0 Å². The zero-order valence-corrected chi connectivity index (χ0v) is 10.2. The van der Waals surface area contributed by atoms with E-state index in [-0.39, 0.29) is 22.3 Å². The molecule has 0 radical (unpaired) electrons. The van der Waals surface area contributed by atoms with Crippen molar-refractivity contribution in [1.82, 2.24) is 0 Å². The standard InChI is InChI=1S/C16H6N2O2/c17-7-13-14(8-18)16(20)12-6-10-4-2-1-3-9(10)5-11(12)15(13)19/h1-6H. The molecule has 4 nitrogen and oxygen atoms in total. The van der Waals surface area contributed by atoms with E-state index in [0.29, 0.717) is 0 Å². The summed E-state index contributed by atoms with van der Waals surface area (Å²) in [4.78, 5) is 24.4. The minimum Gasteiger partial charge on any atom is -0.288 e. The van der Waals surface area contributed by atoms with E-state index >= 15 is 0 Å². The minimum atomic E-state index is -0.565. The van der Waals surface area contributed by atoms with Gasteiger partial charge in [-0.05, 0) is 22.9 Å². The summed E-state index contributed by atoms with van der Waals surface area (Å²) in [5.74, 6) is -1.13. The Bertz CT molecular complexity index is 834. The first-order valence-electron chi connectivity index (χ1n) is 5.84. The first-order chi connectivity index (χ1) is 9.67. The molecule has 2 aromatic rings. The van der Waals surface area contributed by atoms with E-state index in [1.54, 1.807) is 24.3 Å². The molecule has 1 aliphatic rings. The fourth-order valence-electron chi connectivity index (χ4n) is 2.33. The molecule has 0 N–H and O–H groups in total. The summed E-state index contributed by atoms with van der Waals surface area (Å²) in [7, 11) is 0. The number of hydrogen-bond acceptors (Lipinski definition) is 4. The molecule has 0 atom stereocenters. The molecule has 0 fully saturated rings. The Hall–Kier alpha value is -3.24. The Balaban J connectivity index is 2.39. The molecule has 0 spiro atoms. The van der Waals surface area contributed by atoms with E-state index in [2.05, 4.69) is 0 Å². The summed E-state index contributed by atoms with van der Waals surface area (Å²) in [6.45, 7) is 0. The van der Waals surface area contributed by atoms with E-state index in [4.69, 9.17) is 10.5 Å². The van der Waals surface area contributed by atoms with E-state index in [0.717, 1.165) is 10.8 Å². The lowest BCUT2D eigenvalue weighted by molar-refractivity contribution is 0.0982. The molecule has 0 aromatic heterocycles. The number of allylic oxidation sites excluding steroid dienone is 2. The maximum Gasteiger partial charge on any atom is 0.205 e. The third kappa shape index (κ3) is 1.46. The number of carbonyl (C=O) groups excluding carboxylic acids is 2. The molecule has 20 heavy (non-hydrogen) atoms. The molecule has 2 aromatic carbocycles. The number of fused-ring (bicyclic) bond motifs is 2. The van der Waals surface area contributed by atoms with Gasteiger partial charge in [0.15, 0.2) is 0 Å². The molecule has 1 aliphatic carbocycles. The zero-order valence-electron chi connectivity index (χ0n) is 10.2. The topological polar surface area (TPSA) is 81.7 Å². The molecule has 92 valence electrons. The first kappa shape index (κ1) is 11.8. The van der Waals surface area contributed by atoms with Crippen LogP contribution in [0.15, 0.2) is 47.5 Å². The average molecular weight is 258 g/mol. The van der Waals surface area contributed by atoms with E-state index in [9.17, 15) is 9.59 Å². The number of ketones is 2. The van der Waals surface area contributed by atoms with Gasteiger partial charge in [0.2, 0.25) is 11.6 Å². The lowest BCUT2D eigenvalue weighted by Gasteiger charge is -2.14. The predicted molar refractivity (Wildman–Crippen MR) is 70.9 cm³/mol. The molecular weight excluding hydrogens is 252 g/mol. The number of carbonyl (C=O) groups is 2. The smallest absolute Gasteiger partial charge is 0.205 e. The van der Waals surface area contributed by atoms with Crippen LogP contribution in [0, 0.1) is 22.7 Å². The van der Waals surface area contributed by atoms with Crippen LogP contribution in [0.4, 0.5) is 0 Å². The minimum absolute atomic E-state index is 0.184. The van der Waals surface area contributed by atoms with Gasteiger partial charge in [-0.2, -0.15) is 10.5 Å². The van der Waals surface area contributed by atoms with Crippen molar-refractivity contribution < 1.29 is 9.59 Å². The number of benzene rings is 2. The van der Waals surface area contributed by atoms with Gasteiger partial charge in [0.1, 0.15) is 23.3 Å². The van der Waals surface area contributed by atoms with Gasteiger partial charge < -0.3 is 0 Å². The molecule has 4 heteroatoms. The van der Waals surface area contributed by atoms with Crippen molar-refractivity contribution in [3.63, 3.8) is 0 Å². The Morgan fingerprint density at radius 3 is 1.50 bits per heavy atom. The van der Waals surface area contributed by atoms with Crippen LogP contribution in [-0.2, 0) is 0 Å². The first-order valence-corrected chi connectivity index (χ1v) is 5.84. The van der Waals surface area contributed by atoms with E-state index in [1.807, 2.05) is 24.3 Å². The maximum atomic E-state index is 12.2. The monoisotopic (exact) mass is 258 g/mol. The van der Waals surface area contributed by atoms with Crippen LogP contribution in [-0.4, -0.2) is 11.6 Å². The molecule has 0 amide bonds. The summed E-state index contributed by atoms with van der Waals surface area (Å²) in [5.41, 5.74) is -0.380. The van der Waals surface area contributed by atoms with Gasteiger partial charge in [-0.25, -0.2) is 0 Å². The van der Waals surface area contributed by atoms with Crippen LogP contribution in [0.5, 0.6) is 0 Å². The Labute approximate surface area is 114 Å². The predicted octanol–water partition coefficient (Wildman–Crippen LogP) is 2.56. The van der Waals surface area contributed by atoms with Gasteiger partial charge >= 0.3 is 0 Å². The summed E-state index contributed by atoms with van der Waals surface area (Å²) in [6.07, 6.45) is 0. The second-order valence-electron chi connectivity index (χ2n) is 4.38. The highest BCUT2D eigenvalue weighted by Gasteiger charge is 2.32. The third-order valence-electron chi connectivity index (χ3n) is 3.30. The van der Waals surface area contributed by atoms with Crippen LogP contribution >= 0.6 is 0 Å². The number of nitrogens with zero attached hydrogens (tertiary/aromatic N) is 2. The number of hydrogen-bond donors (Lipinski definition) is 0. The third-order valence-corrected chi connectivity index (χ3v) is 3.30. The van der Waals surface area contributed by atoms with Gasteiger partial charge in [0, 0.05) is 11.1 Å². The summed E-state index contributed by atoms with van der Waals surface area (Å²) < 4.78 is 0. The van der Waals surface area contributed by atoms with E-state index in [1.165, 1.54) is 0 Å². The highest BCUT2D eigenvalue weighted by Crippen LogP contribution is 2.29. The SMILES string of the molecule is N#CC1=C(C#N)C(=O)c2cc3ccccc3cc2C1=O. The zero-order chi connectivity index (χ0) is 14.3.